The summed E-state index contributed by atoms with van der Waals surface area (Å²) in [7, 11) is 0. The Morgan fingerprint density at radius 2 is 1.50 bits per heavy atom. The standard InChI is InChI=1S/C52H66F2N8O18/c1-4-39(29(2)76-51(73)78-30(3)77-48(71)45(69)44(68)47(40(65)21-63)80-49-46(70)43(67)42(66)41(22-64)79-49)62-50(72)61(28-57-62)35-8-6-33(7-9-35)58-15-17-59(18-16-58)34-10-12-36(13-11-34)74-23-31-20-52(75-24-31,25-60-27-55-26-56-60)37-14-5-32(53)19-38(37)54/h5-14,19,26-31,39-47,49,63-70H,4,15-18,20-25H2,1-3H3/t29-,30?,31?,39-,40+,41+,42-,43-,44+,45+,46+,47+,49-,52-/m0/s1. The molecule has 0 bridgehead atoms. The molecule has 0 amide bonds. The van der Waals surface area contributed by atoms with Gasteiger partial charge in [-0.15, -0.1) is 0 Å². The van der Waals surface area contributed by atoms with Gasteiger partial charge in [-0.1, -0.05) is 13.0 Å². The zero-order valence-electron chi connectivity index (χ0n) is 43.9. The second-order valence-corrected chi connectivity index (χ2v) is 19.8. The molecule has 8 N–H and O–H groups in total. The van der Waals surface area contributed by atoms with Crippen LogP contribution < -0.4 is 20.2 Å². The number of halogens is 2. The predicted octanol–water partition coefficient (Wildman–Crippen LogP) is -0.117. The lowest BCUT2D eigenvalue weighted by atomic mass is 9.87. The number of esters is 1. The molecule has 5 aromatic rings. The van der Waals surface area contributed by atoms with Crippen LogP contribution in [-0.2, 0) is 45.4 Å². The molecule has 3 aliphatic rings. The summed E-state index contributed by atoms with van der Waals surface area (Å²) in [6, 6.07) is 17.9. The SMILES string of the molecule is CC[C@@H]([C@H](C)OC(=O)OC(C)OC(=O)[C@H](O)[C@@H](O)[C@H](O[C@@H]1O[C@H](CO)[C@H](O)[C@H](O)[C@H]1O)[C@H](O)CO)n1ncn(-c2ccc(N3CCN(c4ccc(OCC5CO[C@@](Cn6cncn6)(c6ccc(F)cc6F)C5)cc4)CC3)cc2)c1=O. The number of nitrogens with zero attached hydrogens (tertiary/aromatic N) is 8. The zero-order chi connectivity index (χ0) is 57.4. The number of anilines is 2. The minimum absolute atomic E-state index is 0.0764. The van der Waals surface area contributed by atoms with Gasteiger partial charge in [0.05, 0.1) is 44.7 Å². The summed E-state index contributed by atoms with van der Waals surface area (Å²) in [5, 5.41) is 89.6. The lowest BCUT2D eigenvalue weighted by Gasteiger charge is -2.42. The van der Waals surface area contributed by atoms with E-state index in [1.54, 1.807) is 23.7 Å². The van der Waals surface area contributed by atoms with E-state index in [0.29, 0.717) is 31.1 Å². The van der Waals surface area contributed by atoms with Crippen LogP contribution in [0, 0.1) is 17.6 Å². The minimum atomic E-state index is -2.54. The average molecular weight is 1130 g/mol. The largest absolute Gasteiger partial charge is 0.511 e. The van der Waals surface area contributed by atoms with Crippen molar-refractivity contribution >= 4 is 23.5 Å². The fourth-order valence-electron chi connectivity index (χ4n) is 10.0. The lowest BCUT2D eigenvalue weighted by molar-refractivity contribution is -0.327. The van der Waals surface area contributed by atoms with E-state index in [-0.39, 0.29) is 24.4 Å². The fourth-order valence-corrected chi connectivity index (χ4v) is 10.0. The molecule has 5 heterocycles. The van der Waals surface area contributed by atoms with Crippen molar-refractivity contribution in [3.8, 4) is 11.4 Å². The zero-order valence-corrected chi connectivity index (χ0v) is 43.9. The molecule has 3 aliphatic heterocycles. The van der Waals surface area contributed by atoms with Crippen molar-refractivity contribution in [2.75, 3.05) is 62.4 Å². The smallest absolute Gasteiger partial charge is 0.493 e. The van der Waals surface area contributed by atoms with Gasteiger partial charge >= 0.3 is 17.8 Å². The molecule has 2 aromatic heterocycles. The second-order valence-electron chi connectivity index (χ2n) is 19.8. The maximum absolute atomic E-state index is 15.1. The van der Waals surface area contributed by atoms with Gasteiger partial charge in [0.1, 0.15) is 90.8 Å². The van der Waals surface area contributed by atoms with E-state index >= 15 is 4.39 Å². The predicted molar refractivity (Wildman–Crippen MR) is 272 cm³/mol. The van der Waals surface area contributed by atoms with Gasteiger partial charge in [-0.3, -0.25) is 0 Å². The van der Waals surface area contributed by atoms with Crippen molar-refractivity contribution in [2.45, 2.75) is 119 Å². The first-order valence-corrected chi connectivity index (χ1v) is 25.9. The third kappa shape index (κ3) is 13.5. The minimum Gasteiger partial charge on any atom is -0.493 e. The van der Waals surface area contributed by atoms with Gasteiger partial charge in [-0.05, 0) is 74.4 Å². The first kappa shape index (κ1) is 59.4. The van der Waals surface area contributed by atoms with E-state index in [4.69, 9.17) is 33.2 Å². The summed E-state index contributed by atoms with van der Waals surface area (Å²) in [5.41, 5.74) is 1.15. The second kappa shape index (κ2) is 26.3. The molecule has 28 heteroatoms. The lowest BCUT2D eigenvalue weighted by Crippen LogP contribution is -2.61. The Hall–Kier alpha value is -6.70. The van der Waals surface area contributed by atoms with Gasteiger partial charge in [0.15, 0.2) is 12.4 Å². The molecule has 0 radical (unpaired) electrons. The number of piperazine rings is 1. The van der Waals surface area contributed by atoms with E-state index in [1.165, 1.54) is 42.6 Å². The molecule has 26 nitrogen and oxygen atoms in total. The summed E-state index contributed by atoms with van der Waals surface area (Å²) in [6.45, 7) is 6.09. The van der Waals surface area contributed by atoms with Crippen LogP contribution >= 0.6 is 0 Å². The first-order valence-electron chi connectivity index (χ1n) is 25.9. The Bertz CT molecular complexity index is 2860. The number of hydrogen-bond acceptors (Lipinski definition) is 23. The third-order valence-corrected chi connectivity index (χ3v) is 14.4. The quantitative estimate of drug-likeness (QED) is 0.0312. The van der Waals surface area contributed by atoms with Gasteiger partial charge in [-0.2, -0.15) is 10.2 Å². The summed E-state index contributed by atoms with van der Waals surface area (Å²) < 4.78 is 71.3. The molecule has 3 saturated heterocycles. The Balaban J connectivity index is 0.785. The maximum Gasteiger partial charge on any atom is 0.511 e. The average Bonchev–Trinajstić information content (AvgIpc) is 4.26. The number of carbonyl (C=O) groups excluding carboxylic acids is 2. The number of carbonyl (C=O) groups is 2. The molecule has 436 valence electrons. The van der Waals surface area contributed by atoms with Crippen LogP contribution in [0.5, 0.6) is 5.75 Å². The van der Waals surface area contributed by atoms with Crippen molar-refractivity contribution in [3.05, 3.63) is 113 Å². The van der Waals surface area contributed by atoms with Crippen LogP contribution in [0.4, 0.5) is 25.0 Å². The Morgan fingerprint density at radius 1 is 0.838 bits per heavy atom. The molecule has 2 unspecified atom stereocenters. The van der Waals surface area contributed by atoms with Crippen molar-refractivity contribution in [1.29, 1.82) is 0 Å². The summed E-state index contributed by atoms with van der Waals surface area (Å²) >= 11 is 0. The fraction of sp³-hybridized carbons (Fsp3) is 0.538. The Morgan fingerprint density at radius 3 is 2.11 bits per heavy atom. The summed E-state index contributed by atoms with van der Waals surface area (Å²) in [5.74, 6) is -2.37. The third-order valence-electron chi connectivity index (χ3n) is 14.4. The number of aromatic nitrogens is 6. The maximum atomic E-state index is 15.1. The number of aliphatic hydroxyl groups is 8. The molecular formula is C52H66F2N8O18. The molecule has 8 rings (SSSR count). The first-order chi connectivity index (χ1) is 38.3. The Labute approximate surface area is 456 Å². The topological polar surface area (TPSA) is 338 Å². The normalized spacial score (nSPS) is 25.0. The van der Waals surface area contributed by atoms with Crippen molar-refractivity contribution in [1.82, 2.24) is 29.1 Å². The molecule has 80 heavy (non-hydrogen) atoms. The molecule has 0 spiro atoms. The van der Waals surface area contributed by atoms with Gasteiger partial charge < -0.3 is 83.8 Å². The van der Waals surface area contributed by atoms with E-state index in [0.717, 1.165) is 55.2 Å². The van der Waals surface area contributed by atoms with Crippen molar-refractivity contribution in [2.24, 2.45) is 5.92 Å². The highest BCUT2D eigenvalue weighted by atomic mass is 19.1. The molecule has 3 fully saturated rings. The van der Waals surface area contributed by atoms with Gasteiger partial charge in [0.25, 0.3) is 0 Å². The molecular weight excluding hydrogens is 1060 g/mol. The summed E-state index contributed by atoms with van der Waals surface area (Å²) in [6.07, 6.45) is -17.4. The van der Waals surface area contributed by atoms with Crippen LogP contribution in [-0.4, -0.2) is 202 Å². The van der Waals surface area contributed by atoms with E-state index in [9.17, 15) is 59.6 Å². The van der Waals surface area contributed by atoms with E-state index in [1.807, 2.05) is 36.4 Å². The Kier molecular flexibility index (Phi) is 19.5. The highest BCUT2D eigenvalue weighted by Gasteiger charge is 2.48. The number of aliphatic hydroxyl groups excluding tert-OH is 8. The molecule has 0 saturated carbocycles. The number of hydrogen-bond donors (Lipinski definition) is 8. The van der Waals surface area contributed by atoms with Gasteiger partial charge in [0.2, 0.25) is 6.29 Å². The molecule has 0 aliphatic carbocycles. The van der Waals surface area contributed by atoms with Crippen LogP contribution in [0.15, 0.2) is 90.5 Å². The van der Waals surface area contributed by atoms with Crippen LogP contribution in [0.2, 0.25) is 0 Å². The molecule has 3 aromatic carbocycles. The highest BCUT2D eigenvalue weighted by Crippen LogP contribution is 2.42. The number of benzene rings is 3. The summed E-state index contributed by atoms with van der Waals surface area (Å²) in [4.78, 5) is 47.9. The van der Waals surface area contributed by atoms with Crippen LogP contribution in [0.1, 0.15) is 45.2 Å². The van der Waals surface area contributed by atoms with Gasteiger partial charge in [-0.25, -0.2) is 42.1 Å². The number of ether oxygens (including phenoxy) is 7. The van der Waals surface area contributed by atoms with Crippen molar-refractivity contribution < 1.29 is 92.4 Å². The van der Waals surface area contributed by atoms with E-state index in [2.05, 4.69) is 25.0 Å². The molecule has 14 atom stereocenters. The van der Waals surface area contributed by atoms with Gasteiger partial charge in [0, 0.05) is 62.0 Å². The van der Waals surface area contributed by atoms with Crippen LogP contribution in [0.3, 0.4) is 0 Å². The van der Waals surface area contributed by atoms with E-state index < -0.39 is 122 Å². The van der Waals surface area contributed by atoms with Crippen LogP contribution in [0.25, 0.3) is 5.69 Å². The highest BCUT2D eigenvalue weighted by molar-refractivity contribution is 5.75. The number of rotatable bonds is 23. The monoisotopic (exact) mass is 1130 g/mol. The van der Waals surface area contributed by atoms with Crippen molar-refractivity contribution in [3.63, 3.8) is 0 Å².